The van der Waals surface area contributed by atoms with Gasteiger partial charge in [-0.25, -0.2) is 8.78 Å². The summed E-state index contributed by atoms with van der Waals surface area (Å²) in [4.78, 5) is 0. The minimum atomic E-state index is -3.02. The van der Waals surface area contributed by atoms with E-state index in [2.05, 4.69) is 9.89 Å². The molecule has 0 aliphatic heterocycles. The van der Waals surface area contributed by atoms with E-state index < -0.39 is 5.92 Å². The van der Waals surface area contributed by atoms with Crippen molar-refractivity contribution in [3.63, 3.8) is 0 Å². The van der Waals surface area contributed by atoms with Crippen LogP contribution in [0.25, 0.3) is 0 Å². The van der Waals surface area contributed by atoms with Gasteiger partial charge in [0.25, 0.3) is 5.92 Å². The number of oxime groups is 1. The first kappa shape index (κ1) is 10.3. The summed E-state index contributed by atoms with van der Waals surface area (Å²) in [6.07, 6.45) is 0.114. The molecule has 1 N–H and O–H groups in total. The van der Waals surface area contributed by atoms with Crippen LogP contribution in [0, 0.1) is 0 Å². The van der Waals surface area contributed by atoms with Crippen LogP contribution in [0.2, 0.25) is 0 Å². The van der Waals surface area contributed by atoms with Crippen LogP contribution in [0.5, 0.6) is 0 Å². The van der Waals surface area contributed by atoms with Crippen LogP contribution >= 0.6 is 0 Å². The maximum Gasteiger partial charge on any atom is 0.286 e. The van der Waals surface area contributed by atoms with Crippen molar-refractivity contribution in [2.75, 3.05) is 13.7 Å². The van der Waals surface area contributed by atoms with Crippen molar-refractivity contribution in [3.8, 4) is 0 Å². The molecule has 0 unspecified atom stereocenters. The Morgan fingerprint density at radius 2 is 2.27 bits per heavy atom. The molecule has 0 rings (SSSR count). The number of hydrogen-bond acceptors (Lipinski definition) is 3. The fourth-order valence-electron chi connectivity index (χ4n) is 0.601. The SMILES string of the molecule is COCCCC(F)(F)/C=N/O. The summed E-state index contributed by atoms with van der Waals surface area (Å²) in [5.74, 6) is -3.02. The summed E-state index contributed by atoms with van der Waals surface area (Å²) >= 11 is 0. The Morgan fingerprint density at radius 1 is 1.64 bits per heavy atom. The molecule has 0 bridgehead atoms. The van der Waals surface area contributed by atoms with E-state index in [-0.39, 0.29) is 25.7 Å². The first-order valence-electron chi connectivity index (χ1n) is 3.18. The third kappa shape index (κ3) is 5.72. The van der Waals surface area contributed by atoms with Gasteiger partial charge in [0.2, 0.25) is 0 Å². The molecular weight excluding hydrogens is 156 g/mol. The number of halogens is 2. The number of methoxy groups -OCH3 is 1. The lowest BCUT2D eigenvalue weighted by Crippen LogP contribution is -2.18. The summed E-state index contributed by atoms with van der Waals surface area (Å²) in [5, 5.41) is 10.1. The first-order chi connectivity index (χ1) is 5.12. The molecule has 0 aliphatic rings. The standard InChI is InChI=1S/C6H11F2NO2/c1-11-4-2-3-6(7,8)5-9-10/h5,10H,2-4H2,1H3/b9-5+. The third-order valence-electron chi connectivity index (χ3n) is 1.11. The molecule has 0 spiro atoms. The molecule has 11 heavy (non-hydrogen) atoms. The number of rotatable bonds is 5. The average Bonchev–Trinajstić information content (AvgIpc) is 1.87. The highest BCUT2D eigenvalue weighted by molar-refractivity contribution is 5.65. The van der Waals surface area contributed by atoms with E-state index in [0.717, 1.165) is 0 Å². The molecule has 3 nitrogen and oxygen atoms in total. The lowest BCUT2D eigenvalue weighted by molar-refractivity contribution is 0.0578. The van der Waals surface area contributed by atoms with Gasteiger partial charge in [-0.05, 0) is 6.42 Å². The fourth-order valence-corrected chi connectivity index (χ4v) is 0.601. The van der Waals surface area contributed by atoms with Gasteiger partial charge in [-0.1, -0.05) is 5.16 Å². The van der Waals surface area contributed by atoms with E-state index in [9.17, 15) is 8.78 Å². The van der Waals surface area contributed by atoms with Crippen LogP contribution in [0.15, 0.2) is 5.16 Å². The first-order valence-corrected chi connectivity index (χ1v) is 3.18. The zero-order valence-corrected chi connectivity index (χ0v) is 6.26. The Morgan fingerprint density at radius 3 is 2.73 bits per heavy atom. The van der Waals surface area contributed by atoms with Crippen LogP contribution in [0.1, 0.15) is 12.8 Å². The highest BCUT2D eigenvalue weighted by atomic mass is 19.3. The molecule has 0 aromatic rings. The van der Waals surface area contributed by atoms with Crippen molar-refractivity contribution in [2.45, 2.75) is 18.8 Å². The molecule has 0 saturated carbocycles. The van der Waals surface area contributed by atoms with Crippen LogP contribution in [-0.2, 0) is 4.74 Å². The second-order valence-electron chi connectivity index (χ2n) is 2.10. The molecule has 0 radical (unpaired) electrons. The number of alkyl halides is 2. The molecule has 0 atom stereocenters. The van der Waals surface area contributed by atoms with Crippen LogP contribution in [0.4, 0.5) is 8.78 Å². The minimum Gasteiger partial charge on any atom is -0.411 e. The normalized spacial score (nSPS) is 12.6. The van der Waals surface area contributed by atoms with Crippen LogP contribution in [0.3, 0.4) is 0 Å². The largest absolute Gasteiger partial charge is 0.411 e. The lowest BCUT2D eigenvalue weighted by atomic mass is 10.2. The zero-order valence-electron chi connectivity index (χ0n) is 6.26. The summed E-state index contributed by atoms with van der Waals surface area (Å²) in [6, 6.07) is 0. The van der Waals surface area contributed by atoms with Crippen molar-refractivity contribution in [2.24, 2.45) is 5.16 Å². The third-order valence-corrected chi connectivity index (χ3v) is 1.11. The second-order valence-corrected chi connectivity index (χ2v) is 2.10. The molecule has 0 aromatic heterocycles. The predicted molar refractivity (Wildman–Crippen MR) is 36.3 cm³/mol. The molecule has 5 heteroatoms. The minimum absolute atomic E-state index is 0.225. The summed E-state index contributed by atoms with van der Waals surface area (Å²) in [5.41, 5.74) is 0. The molecule has 0 aromatic carbocycles. The summed E-state index contributed by atoms with van der Waals surface area (Å²) in [6.45, 7) is 0.287. The molecule has 0 amide bonds. The Bertz CT molecular complexity index is 128. The zero-order chi connectivity index (χ0) is 8.74. The second kappa shape index (κ2) is 5.01. The maximum absolute atomic E-state index is 12.4. The number of hydrogen-bond donors (Lipinski definition) is 1. The molecule has 0 fully saturated rings. The summed E-state index contributed by atoms with van der Waals surface area (Å²) < 4.78 is 29.3. The van der Waals surface area contributed by atoms with Gasteiger partial charge in [0.05, 0.1) is 0 Å². The van der Waals surface area contributed by atoms with Crippen molar-refractivity contribution in [3.05, 3.63) is 0 Å². The molecule has 0 aliphatic carbocycles. The topological polar surface area (TPSA) is 41.8 Å². The summed E-state index contributed by atoms with van der Waals surface area (Å²) in [7, 11) is 1.44. The molecule has 0 heterocycles. The molecular formula is C6H11F2NO2. The van der Waals surface area contributed by atoms with Crippen LogP contribution < -0.4 is 0 Å². The van der Waals surface area contributed by atoms with Gasteiger partial charge < -0.3 is 9.94 Å². The van der Waals surface area contributed by atoms with E-state index in [0.29, 0.717) is 0 Å². The molecule has 66 valence electrons. The highest BCUT2D eigenvalue weighted by Gasteiger charge is 2.25. The quantitative estimate of drug-likeness (QED) is 0.292. The predicted octanol–water partition coefficient (Wildman–Crippen LogP) is 1.51. The Labute approximate surface area is 63.7 Å². The lowest BCUT2D eigenvalue weighted by Gasteiger charge is -2.08. The Kier molecular flexibility index (Phi) is 4.69. The van der Waals surface area contributed by atoms with Gasteiger partial charge in [-0.2, -0.15) is 0 Å². The highest BCUT2D eigenvalue weighted by Crippen LogP contribution is 2.17. The van der Waals surface area contributed by atoms with Crippen LogP contribution in [-0.4, -0.2) is 31.1 Å². The van der Waals surface area contributed by atoms with Gasteiger partial charge in [0, 0.05) is 20.1 Å². The smallest absolute Gasteiger partial charge is 0.286 e. The van der Waals surface area contributed by atoms with Crippen molar-refractivity contribution in [1.82, 2.24) is 0 Å². The van der Waals surface area contributed by atoms with Gasteiger partial charge >= 0.3 is 0 Å². The van der Waals surface area contributed by atoms with Gasteiger partial charge in [0.1, 0.15) is 6.21 Å². The van der Waals surface area contributed by atoms with E-state index in [1.807, 2.05) is 0 Å². The van der Waals surface area contributed by atoms with E-state index in [1.54, 1.807) is 0 Å². The van der Waals surface area contributed by atoms with Gasteiger partial charge in [0.15, 0.2) is 0 Å². The van der Waals surface area contributed by atoms with Crippen molar-refractivity contribution in [1.29, 1.82) is 0 Å². The number of nitrogens with zero attached hydrogens (tertiary/aromatic N) is 1. The Hall–Kier alpha value is -0.710. The van der Waals surface area contributed by atoms with Crippen molar-refractivity contribution < 1.29 is 18.7 Å². The monoisotopic (exact) mass is 167 g/mol. The fraction of sp³-hybridized carbons (Fsp3) is 0.833. The van der Waals surface area contributed by atoms with Gasteiger partial charge in [-0.3, -0.25) is 0 Å². The maximum atomic E-state index is 12.4. The number of ether oxygens (including phenoxy) is 1. The van der Waals surface area contributed by atoms with Crippen molar-refractivity contribution >= 4 is 6.21 Å². The Balaban J connectivity index is 3.55. The average molecular weight is 167 g/mol. The van der Waals surface area contributed by atoms with Gasteiger partial charge in [-0.15, -0.1) is 0 Å². The van der Waals surface area contributed by atoms with E-state index in [1.165, 1.54) is 7.11 Å². The molecule has 0 saturated heterocycles. The van der Waals surface area contributed by atoms with E-state index in [4.69, 9.17) is 5.21 Å². The van der Waals surface area contributed by atoms with E-state index >= 15 is 0 Å².